The highest BCUT2D eigenvalue weighted by molar-refractivity contribution is 9.10. The first-order valence-corrected chi connectivity index (χ1v) is 6.45. The third kappa shape index (κ3) is 3.36. The van der Waals surface area contributed by atoms with Gasteiger partial charge < -0.3 is 20.9 Å². The number of halogens is 1. The van der Waals surface area contributed by atoms with Crippen molar-refractivity contribution in [3.8, 4) is 0 Å². The van der Waals surface area contributed by atoms with Crippen LogP contribution in [0.5, 0.6) is 0 Å². The first-order chi connectivity index (χ1) is 8.51. The van der Waals surface area contributed by atoms with E-state index in [1.54, 1.807) is 6.07 Å². The van der Waals surface area contributed by atoms with Crippen molar-refractivity contribution in [2.24, 2.45) is 10.9 Å². The number of nitrogens with two attached hydrogens (primary N) is 1. The lowest BCUT2D eigenvalue weighted by molar-refractivity contribution is 0.299. The van der Waals surface area contributed by atoms with Gasteiger partial charge in [-0.15, -0.1) is 0 Å². The number of oxime groups is 1. The molecule has 0 bridgehead atoms. The van der Waals surface area contributed by atoms with Gasteiger partial charge in [0.05, 0.1) is 6.61 Å². The second kappa shape index (κ2) is 6.61. The van der Waals surface area contributed by atoms with Gasteiger partial charge in [-0.2, -0.15) is 0 Å². The minimum Gasteiger partial charge on any atom is -0.409 e. The average Bonchev–Trinajstić information content (AvgIpc) is 2.35. The van der Waals surface area contributed by atoms with Crippen molar-refractivity contribution in [2.75, 3.05) is 18.1 Å². The van der Waals surface area contributed by atoms with Gasteiger partial charge >= 0.3 is 0 Å². The number of anilines is 1. The summed E-state index contributed by atoms with van der Waals surface area (Å²) in [6.07, 6.45) is 0. The molecule has 1 rings (SSSR count). The summed E-state index contributed by atoms with van der Waals surface area (Å²) in [5.41, 5.74) is 7.15. The Kier molecular flexibility index (Phi) is 5.43. The predicted octanol–water partition coefficient (Wildman–Crippen LogP) is 1.75. The maximum Gasteiger partial charge on any atom is 0.172 e. The summed E-state index contributed by atoms with van der Waals surface area (Å²) in [7, 11) is 0. The standard InChI is InChI=1S/C12H18BrN3O2/c1-8(2)16(5-6-17)11-4-3-9(13)7-10(11)12(14)15-18/h3-4,7-8,17-18H,5-6H2,1-2H3,(H2,14,15). The third-order valence-electron chi connectivity index (χ3n) is 2.62. The van der Waals surface area contributed by atoms with Gasteiger partial charge in [0.2, 0.25) is 0 Å². The molecule has 0 atom stereocenters. The van der Waals surface area contributed by atoms with Crippen LogP contribution < -0.4 is 10.6 Å². The molecule has 4 N–H and O–H groups in total. The molecule has 0 saturated heterocycles. The highest BCUT2D eigenvalue weighted by Gasteiger charge is 2.16. The van der Waals surface area contributed by atoms with Gasteiger partial charge in [0.1, 0.15) is 0 Å². The number of aliphatic hydroxyl groups is 1. The van der Waals surface area contributed by atoms with Crippen molar-refractivity contribution in [1.82, 2.24) is 0 Å². The molecule has 0 amide bonds. The lowest BCUT2D eigenvalue weighted by atomic mass is 10.1. The molecule has 0 saturated carbocycles. The molecule has 1 aromatic rings. The van der Waals surface area contributed by atoms with E-state index in [0.717, 1.165) is 10.2 Å². The maximum absolute atomic E-state index is 9.13. The summed E-state index contributed by atoms with van der Waals surface area (Å²) in [6, 6.07) is 5.75. The van der Waals surface area contributed by atoms with Crippen molar-refractivity contribution in [1.29, 1.82) is 0 Å². The smallest absolute Gasteiger partial charge is 0.172 e. The highest BCUT2D eigenvalue weighted by atomic mass is 79.9. The quantitative estimate of drug-likeness (QED) is 0.334. The van der Waals surface area contributed by atoms with Crippen LogP contribution in [0.1, 0.15) is 19.4 Å². The normalized spacial score (nSPS) is 11.9. The molecule has 100 valence electrons. The second-order valence-corrected chi connectivity index (χ2v) is 5.07. The third-order valence-corrected chi connectivity index (χ3v) is 3.11. The summed E-state index contributed by atoms with van der Waals surface area (Å²) < 4.78 is 0.848. The van der Waals surface area contributed by atoms with Gasteiger partial charge in [-0.3, -0.25) is 0 Å². The van der Waals surface area contributed by atoms with Crippen LogP contribution in [0.3, 0.4) is 0 Å². The Bertz CT molecular complexity index is 435. The van der Waals surface area contributed by atoms with E-state index in [9.17, 15) is 0 Å². The molecule has 0 aromatic heterocycles. The molecule has 6 heteroatoms. The molecule has 18 heavy (non-hydrogen) atoms. The van der Waals surface area contributed by atoms with Gasteiger partial charge in [0.15, 0.2) is 5.84 Å². The van der Waals surface area contributed by atoms with Crippen LogP contribution in [0.2, 0.25) is 0 Å². The molecule has 0 spiro atoms. The van der Waals surface area contributed by atoms with Gasteiger partial charge in [-0.1, -0.05) is 21.1 Å². The van der Waals surface area contributed by atoms with E-state index in [0.29, 0.717) is 12.1 Å². The van der Waals surface area contributed by atoms with Crippen molar-refractivity contribution in [3.05, 3.63) is 28.2 Å². The maximum atomic E-state index is 9.13. The van der Waals surface area contributed by atoms with Crippen LogP contribution in [0, 0.1) is 0 Å². The zero-order valence-corrected chi connectivity index (χ0v) is 12.1. The molecule has 0 unspecified atom stereocenters. The Morgan fingerprint density at radius 3 is 2.67 bits per heavy atom. The van der Waals surface area contributed by atoms with Crippen molar-refractivity contribution >= 4 is 27.5 Å². The largest absolute Gasteiger partial charge is 0.409 e. The first kappa shape index (κ1) is 14.8. The molecule has 0 heterocycles. The van der Waals surface area contributed by atoms with E-state index in [1.165, 1.54) is 0 Å². The fraction of sp³-hybridized carbons (Fsp3) is 0.417. The van der Waals surface area contributed by atoms with Crippen LogP contribution in [-0.4, -0.2) is 35.3 Å². The second-order valence-electron chi connectivity index (χ2n) is 4.16. The Labute approximate surface area is 115 Å². The number of nitrogens with zero attached hydrogens (tertiary/aromatic N) is 2. The first-order valence-electron chi connectivity index (χ1n) is 5.66. The van der Waals surface area contributed by atoms with Crippen LogP contribution in [-0.2, 0) is 0 Å². The predicted molar refractivity (Wildman–Crippen MR) is 76.2 cm³/mol. The monoisotopic (exact) mass is 315 g/mol. The highest BCUT2D eigenvalue weighted by Crippen LogP contribution is 2.26. The van der Waals surface area contributed by atoms with E-state index in [2.05, 4.69) is 21.1 Å². The zero-order valence-electron chi connectivity index (χ0n) is 10.5. The van der Waals surface area contributed by atoms with Crippen molar-refractivity contribution < 1.29 is 10.3 Å². The molecule has 0 aliphatic heterocycles. The molecular weight excluding hydrogens is 298 g/mol. The van der Waals surface area contributed by atoms with E-state index in [4.69, 9.17) is 16.0 Å². The van der Waals surface area contributed by atoms with Crippen LogP contribution >= 0.6 is 15.9 Å². The molecular formula is C12H18BrN3O2. The van der Waals surface area contributed by atoms with Gasteiger partial charge in [-0.25, -0.2) is 0 Å². The fourth-order valence-electron chi connectivity index (χ4n) is 1.78. The Morgan fingerprint density at radius 2 is 2.17 bits per heavy atom. The number of hydrogen-bond donors (Lipinski definition) is 3. The van der Waals surface area contributed by atoms with Crippen molar-refractivity contribution in [3.63, 3.8) is 0 Å². The van der Waals surface area contributed by atoms with E-state index >= 15 is 0 Å². The van der Waals surface area contributed by atoms with Crippen LogP contribution in [0.4, 0.5) is 5.69 Å². The Hall–Kier alpha value is -1.27. The van der Waals surface area contributed by atoms with Crippen LogP contribution in [0.15, 0.2) is 27.8 Å². The summed E-state index contributed by atoms with van der Waals surface area (Å²) in [5.74, 6) is 0.0508. The SMILES string of the molecule is CC(C)N(CCO)c1ccc(Br)cc1/C(N)=N/O. The lowest BCUT2D eigenvalue weighted by Crippen LogP contribution is -2.35. The summed E-state index contributed by atoms with van der Waals surface area (Å²) >= 11 is 3.36. The molecule has 5 nitrogen and oxygen atoms in total. The number of benzene rings is 1. The number of aliphatic hydroxyl groups excluding tert-OH is 1. The molecule has 0 aliphatic rings. The lowest BCUT2D eigenvalue weighted by Gasteiger charge is -2.30. The topological polar surface area (TPSA) is 82.1 Å². The van der Waals surface area contributed by atoms with Gasteiger partial charge in [0, 0.05) is 28.3 Å². The fourth-order valence-corrected chi connectivity index (χ4v) is 2.14. The molecule has 0 aliphatic carbocycles. The number of amidine groups is 1. The number of rotatable bonds is 5. The van der Waals surface area contributed by atoms with Gasteiger partial charge in [0.25, 0.3) is 0 Å². The zero-order chi connectivity index (χ0) is 13.7. The van der Waals surface area contributed by atoms with E-state index in [1.807, 2.05) is 30.9 Å². The molecule has 0 fully saturated rings. The number of hydrogen-bond acceptors (Lipinski definition) is 4. The molecule has 0 radical (unpaired) electrons. The van der Waals surface area contributed by atoms with E-state index < -0.39 is 0 Å². The Balaban J connectivity index is 3.28. The average molecular weight is 316 g/mol. The minimum atomic E-state index is 0.0455. The Morgan fingerprint density at radius 1 is 1.50 bits per heavy atom. The molecule has 1 aromatic carbocycles. The van der Waals surface area contributed by atoms with Crippen LogP contribution in [0.25, 0.3) is 0 Å². The minimum absolute atomic E-state index is 0.0455. The summed E-state index contributed by atoms with van der Waals surface area (Å²) in [5, 5.41) is 21.0. The van der Waals surface area contributed by atoms with E-state index in [-0.39, 0.29) is 18.5 Å². The summed E-state index contributed by atoms with van der Waals surface area (Å²) in [4.78, 5) is 2.00. The summed E-state index contributed by atoms with van der Waals surface area (Å²) in [6.45, 7) is 4.58. The van der Waals surface area contributed by atoms with Gasteiger partial charge in [-0.05, 0) is 32.0 Å². The van der Waals surface area contributed by atoms with Crippen molar-refractivity contribution in [2.45, 2.75) is 19.9 Å².